The van der Waals surface area contributed by atoms with Crippen LogP contribution in [0.25, 0.3) is 0 Å². The van der Waals surface area contributed by atoms with Crippen LogP contribution in [-0.2, 0) is 11.7 Å². The van der Waals surface area contributed by atoms with E-state index in [1.807, 2.05) is 0 Å². The molecule has 0 amide bonds. The highest BCUT2D eigenvalue weighted by molar-refractivity contribution is 5.05. The van der Waals surface area contributed by atoms with Gasteiger partial charge in [0.1, 0.15) is 6.61 Å². The number of methoxy groups -OCH3 is 1. The van der Waals surface area contributed by atoms with Gasteiger partial charge in [-0.2, -0.15) is 0 Å². The molecule has 1 aromatic rings. The first-order valence-electron chi connectivity index (χ1n) is 2.80. The van der Waals surface area contributed by atoms with E-state index >= 15 is 0 Å². The van der Waals surface area contributed by atoms with Crippen molar-refractivity contribution in [2.45, 2.75) is 6.61 Å². The summed E-state index contributed by atoms with van der Waals surface area (Å²) in [5.41, 5.74) is 0.431. The minimum Gasteiger partial charge on any atom is -0.480 e. The molecule has 0 aliphatic heterocycles. The lowest BCUT2D eigenvalue weighted by Gasteiger charge is -1.96. The lowest BCUT2D eigenvalue weighted by atomic mass is 10.5. The molecule has 0 spiro atoms. The number of rotatable bonds is 2. The van der Waals surface area contributed by atoms with Gasteiger partial charge in [-0.1, -0.05) is 0 Å². The quantitative estimate of drug-likeness (QED) is 0.596. The van der Waals surface area contributed by atoms with Gasteiger partial charge >= 0.3 is 0 Å². The SMILES string of the molecule is COc1cnc(C[O])cn1. The molecule has 1 aromatic heterocycles. The van der Waals surface area contributed by atoms with Crippen molar-refractivity contribution in [2.24, 2.45) is 0 Å². The second-order valence-electron chi connectivity index (χ2n) is 1.69. The molecule has 10 heavy (non-hydrogen) atoms. The van der Waals surface area contributed by atoms with Crippen molar-refractivity contribution in [3.8, 4) is 5.88 Å². The predicted molar refractivity (Wildman–Crippen MR) is 33.0 cm³/mol. The molecule has 0 aromatic carbocycles. The largest absolute Gasteiger partial charge is 0.480 e. The molecule has 0 N–H and O–H groups in total. The van der Waals surface area contributed by atoms with Crippen molar-refractivity contribution >= 4 is 0 Å². The smallest absolute Gasteiger partial charge is 0.231 e. The van der Waals surface area contributed by atoms with Crippen molar-refractivity contribution in [1.82, 2.24) is 9.97 Å². The number of ether oxygens (including phenoxy) is 1. The Balaban J connectivity index is 2.80. The summed E-state index contributed by atoms with van der Waals surface area (Å²) in [6.45, 7) is -0.336. The van der Waals surface area contributed by atoms with E-state index in [1.165, 1.54) is 19.5 Å². The van der Waals surface area contributed by atoms with E-state index in [4.69, 9.17) is 4.74 Å². The summed E-state index contributed by atoms with van der Waals surface area (Å²) in [5.74, 6) is 0.428. The molecule has 0 aliphatic rings. The van der Waals surface area contributed by atoms with E-state index < -0.39 is 0 Å². The Kier molecular flexibility index (Phi) is 2.17. The van der Waals surface area contributed by atoms with Crippen molar-refractivity contribution in [2.75, 3.05) is 7.11 Å². The Morgan fingerprint density at radius 3 is 2.70 bits per heavy atom. The lowest BCUT2D eigenvalue weighted by molar-refractivity contribution is 0.173. The fourth-order valence-electron chi connectivity index (χ4n) is 0.523. The van der Waals surface area contributed by atoms with Crippen LogP contribution in [0.2, 0.25) is 0 Å². The summed E-state index contributed by atoms with van der Waals surface area (Å²) in [6.07, 6.45) is 2.83. The first-order chi connectivity index (χ1) is 4.86. The third-order valence-electron chi connectivity index (χ3n) is 1.04. The van der Waals surface area contributed by atoms with E-state index in [9.17, 15) is 5.11 Å². The molecule has 0 aliphatic carbocycles. The lowest BCUT2D eigenvalue weighted by Crippen LogP contribution is -1.92. The van der Waals surface area contributed by atoms with Gasteiger partial charge in [0, 0.05) is 0 Å². The van der Waals surface area contributed by atoms with Gasteiger partial charge in [-0.05, 0) is 0 Å². The minimum atomic E-state index is -0.336. The zero-order valence-electron chi connectivity index (χ0n) is 5.57. The minimum absolute atomic E-state index is 0.336. The second-order valence-corrected chi connectivity index (χ2v) is 1.69. The standard InChI is InChI=1S/C6H7N2O2/c1-10-6-3-7-5(4-9)2-8-6/h2-3H,4H2,1H3. The van der Waals surface area contributed by atoms with Crippen LogP contribution >= 0.6 is 0 Å². The molecule has 0 bridgehead atoms. The molecule has 1 radical (unpaired) electrons. The van der Waals surface area contributed by atoms with Crippen LogP contribution in [0.3, 0.4) is 0 Å². The van der Waals surface area contributed by atoms with Crippen LogP contribution in [0.1, 0.15) is 5.69 Å². The molecule has 0 atom stereocenters. The van der Waals surface area contributed by atoms with E-state index in [-0.39, 0.29) is 6.61 Å². The van der Waals surface area contributed by atoms with E-state index in [1.54, 1.807) is 0 Å². The molecule has 4 nitrogen and oxygen atoms in total. The van der Waals surface area contributed by atoms with E-state index in [0.29, 0.717) is 11.6 Å². The van der Waals surface area contributed by atoms with Crippen molar-refractivity contribution in [3.05, 3.63) is 18.1 Å². The zero-order valence-corrected chi connectivity index (χ0v) is 5.57. The summed E-state index contributed by atoms with van der Waals surface area (Å²) < 4.78 is 4.74. The van der Waals surface area contributed by atoms with Gasteiger partial charge in [-0.15, -0.1) is 0 Å². The maximum atomic E-state index is 10.2. The van der Waals surface area contributed by atoms with Crippen LogP contribution < -0.4 is 4.74 Å². The molecule has 1 heterocycles. The number of nitrogens with zero attached hydrogens (tertiary/aromatic N) is 2. The summed E-state index contributed by atoms with van der Waals surface area (Å²) in [4.78, 5) is 7.55. The topological polar surface area (TPSA) is 54.9 Å². The molecule has 1 rings (SSSR count). The zero-order chi connectivity index (χ0) is 7.40. The summed E-state index contributed by atoms with van der Waals surface area (Å²) in [5, 5.41) is 10.2. The Labute approximate surface area is 58.5 Å². The number of hydrogen-bond acceptors (Lipinski definition) is 3. The van der Waals surface area contributed by atoms with Crippen LogP contribution in [0.5, 0.6) is 5.88 Å². The van der Waals surface area contributed by atoms with Gasteiger partial charge in [0.2, 0.25) is 5.88 Å². The average molecular weight is 139 g/mol. The Hall–Kier alpha value is -1.16. The fourth-order valence-corrected chi connectivity index (χ4v) is 0.523. The number of aromatic nitrogens is 2. The summed E-state index contributed by atoms with van der Waals surface area (Å²) in [6, 6.07) is 0. The third kappa shape index (κ3) is 1.41. The molecule has 0 saturated heterocycles. The summed E-state index contributed by atoms with van der Waals surface area (Å²) in [7, 11) is 1.50. The average Bonchev–Trinajstić information content (AvgIpc) is 2.05. The van der Waals surface area contributed by atoms with Crippen LogP contribution in [0.15, 0.2) is 12.4 Å². The molecular formula is C6H7N2O2. The van der Waals surface area contributed by atoms with Crippen molar-refractivity contribution < 1.29 is 9.84 Å². The van der Waals surface area contributed by atoms with Gasteiger partial charge in [0.05, 0.1) is 25.2 Å². The maximum Gasteiger partial charge on any atom is 0.231 e. The van der Waals surface area contributed by atoms with Gasteiger partial charge in [0.15, 0.2) is 0 Å². The molecule has 4 heteroatoms. The van der Waals surface area contributed by atoms with Gasteiger partial charge in [-0.3, -0.25) is 4.98 Å². The van der Waals surface area contributed by atoms with Crippen LogP contribution in [-0.4, -0.2) is 17.1 Å². The Bertz CT molecular complexity index is 174. The van der Waals surface area contributed by atoms with Crippen LogP contribution in [0, 0.1) is 0 Å². The maximum absolute atomic E-state index is 10.2. The van der Waals surface area contributed by atoms with Crippen molar-refractivity contribution in [1.29, 1.82) is 0 Å². The monoisotopic (exact) mass is 139 g/mol. The van der Waals surface area contributed by atoms with Gasteiger partial charge in [0.25, 0.3) is 0 Å². The number of hydrogen-bond donors (Lipinski definition) is 0. The van der Waals surface area contributed by atoms with E-state index in [0.717, 1.165) is 0 Å². The first kappa shape index (κ1) is 6.95. The normalized spacial score (nSPS) is 9.40. The molecule has 53 valence electrons. The van der Waals surface area contributed by atoms with Gasteiger partial charge in [-0.25, -0.2) is 10.1 Å². The third-order valence-corrected chi connectivity index (χ3v) is 1.04. The molecule has 0 unspecified atom stereocenters. The highest BCUT2D eigenvalue weighted by Gasteiger charge is 1.93. The van der Waals surface area contributed by atoms with Crippen molar-refractivity contribution in [3.63, 3.8) is 0 Å². The van der Waals surface area contributed by atoms with E-state index in [2.05, 4.69) is 9.97 Å². The highest BCUT2D eigenvalue weighted by atomic mass is 16.5. The van der Waals surface area contributed by atoms with Gasteiger partial charge < -0.3 is 4.74 Å². The molecule has 0 saturated carbocycles. The summed E-state index contributed by atoms with van der Waals surface area (Å²) >= 11 is 0. The van der Waals surface area contributed by atoms with Crippen LogP contribution in [0.4, 0.5) is 0 Å². The predicted octanol–water partition coefficient (Wildman–Crippen LogP) is 0.416. The fraction of sp³-hybridized carbons (Fsp3) is 0.333. The first-order valence-corrected chi connectivity index (χ1v) is 2.80. The molecular weight excluding hydrogens is 132 g/mol. The second kappa shape index (κ2) is 3.12. The molecule has 0 fully saturated rings. The Morgan fingerprint density at radius 2 is 2.30 bits per heavy atom. The Morgan fingerprint density at radius 1 is 1.50 bits per heavy atom. The highest BCUT2D eigenvalue weighted by Crippen LogP contribution is 2.01.